The average molecular weight is 350 g/mol. The topological polar surface area (TPSA) is 57.3 Å². The van der Waals surface area contributed by atoms with Crippen molar-refractivity contribution in [1.82, 2.24) is 20.7 Å². The maximum atomic E-state index is 12.6. The van der Waals surface area contributed by atoms with Gasteiger partial charge in [0.05, 0.1) is 0 Å². The number of nitrogens with zero attached hydrogens (tertiary/aromatic N) is 2. The van der Waals surface area contributed by atoms with Gasteiger partial charge < -0.3 is 4.90 Å². The zero-order valence-electron chi connectivity index (χ0n) is 15.2. The Bertz CT molecular complexity index is 756. The van der Waals surface area contributed by atoms with Crippen LogP contribution in [0.4, 0.5) is 0 Å². The third kappa shape index (κ3) is 3.37. The lowest BCUT2D eigenvalue weighted by atomic mass is 9.79. The maximum absolute atomic E-state index is 12.6. The number of carbonyl (C=O) groups is 1. The van der Waals surface area contributed by atoms with Gasteiger partial charge in [-0.3, -0.25) is 20.6 Å². The monoisotopic (exact) mass is 350 g/mol. The van der Waals surface area contributed by atoms with E-state index in [9.17, 15) is 4.79 Å². The van der Waals surface area contributed by atoms with Crippen LogP contribution in [0.3, 0.4) is 0 Å². The van der Waals surface area contributed by atoms with E-state index in [1.165, 1.54) is 11.1 Å². The quantitative estimate of drug-likeness (QED) is 0.893. The van der Waals surface area contributed by atoms with Gasteiger partial charge in [0.25, 0.3) is 5.91 Å². The van der Waals surface area contributed by atoms with Gasteiger partial charge in [0.15, 0.2) is 0 Å². The molecule has 2 N–H and O–H groups in total. The molecule has 136 valence electrons. The first-order chi connectivity index (χ1) is 12.7. The largest absolute Gasteiger partial charge is 0.339 e. The summed E-state index contributed by atoms with van der Waals surface area (Å²) >= 11 is 0. The van der Waals surface area contributed by atoms with Gasteiger partial charge in [0.1, 0.15) is 0 Å². The van der Waals surface area contributed by atoms with E-state index < -0.39 is 0 Å². The van der Waals surface area contributed by atoms with Crippen LogP contribution in [-0.2, 0) is 0 Å². The fourth-order valence-corrected chi connectivity index (χ4v) is 4.41. The van der Waals surface area contributed by atoms with E-state index in [-0.39, 0.29) is 5.91 Å². The Hall–Kier alpha value is -2.24. The summed E-state index contributed by atoms with van der Waals surface area (Å²) in [5, 5.41) is 0. The molecule has 2 aliphatic rings. The average Bonchev–Trinajstić information content (AvgIpc) is 3.18. The Labute approximate surface area is 154 Å². The molecule has 26 heavy (non-hydrogen) atoms. The standard InChI is InChI=1S/C21H26N4O/c1-15-4-2-3-5-18(15)19-14-23-24-20(19)16-8-12-25(13-9-16)21(26)17-6-10-22-11-7-17/h2-7,10-11,16,19-20,23-24H,8-9,12-14H2,1H3. The van der Waals surface area contributed by atoms with Crippen molar-refractivity contribution < 1.29 is 4.79 Å². The van der Waals surface area contributed by atoms with Crippen LogP contribution >= 0.6 is 0 Å². The van der Waals surface area contributed by atoms with E-state index >= 15 is 0 Å². The normalized spacial score (nSPS) is 24.0. The molecule has 1 amide bonds. The molecule has 0 radical (unpaired) electrons. The lowest BCUT2D eigenvalue weighted by Gasteiger charge is -2.36. The number of nitrogens with one attached hydrogen (secondary N) is 2. The van der Waals surface area contributed by atoms with E-state index in [1.807, 2.05) is 4.90 Å². The first kappa shape index (κ1) is 17.2. The van der Waals surface area contributed by atoms with E-state index in [0.717, 1.165) is 38.0 Å². The van der Waals surface area contributed by atoms with Crippen LogP contribution in [0.1, 0.15) is 40.2 Å². The molecule has 5 heteroatoms. The van der Waals surface area contributed by atoms with Crippen molar-refractivity contribution in [3.05, 3.63) is 65.5 Å². The van der Waals surface area contributed by atoms with Gasteiger partial charge >= 0.3 is 0 Å². The van der Waals surface area contributed by atoms with Gasteiger partial charge in [-0.05, 0) is 48.9 Å². The molecule has 2 unspecified atom stereocenters. The number of aromatic nitrogens is 1. The Morgan fingerprint density at radius 1 is 1.12 bits per heavy atom. The smallest absolute Gasteiger partial charge is 0.253 e. The van der Waals surface area contributed by atoms with Crippen LogP contribution in [0.15, 0.2) is 48.8 Å². The number of amides is 1. The molecule has 0 aliphatic carbocycles. The van der Waals surface area contributed by atoms with Gasteiger partial charge in [-0.1, -0.05) is 24.3 Å². The highest BCUT2D eigenvalue weighted by Gasteiger charge is 2.37. The Morgan fingerprint density at radius 3 is 2.58 bits per heavy atom. The second kappa shape index (κ2) is 7.56. The molecule has 0 saturated carbocycles. The maximum Gasteiger partial charge on any atom is 0.253 e. The van der Waals surface area contributed by atoms with E-state index in [0.29, 0.717) is 17.9 Å². The number of hydrogen-bond donors (Lipinski definition) is 2. The first-order valence-electron chi connectivity index (χ1n) is 9.47. The fraction of sp³-hybridized carbons (Fsp3) is 0.429. The summed E-state index contributed by atoms with van der Waals surface area (Å²) in [4.78, 5) is 18.6. The summed E-state index contributed by atoms with van der Waals surface area (Å²) in [6.07, 6.45) is 5.44. The molecule has 0 spiro atoms. The van der Waals surface area contributed by atoms with Crippen LogP contribution in [0.2, 0.25) is 0 Å². The second-order valence-electron chi connectivity index (χ2n) is 7.38. The molecule has 2 aliphatic heterocycles. The van der Waals surface area contributed by atoms with Crippen molar-refractivity contribution in [2.24, 2.45) is 5.92 Å². The van der Waals surface area contributed by atoms with Crippen LogP contribution in [0.25, 0.3) is 0 Å². The molecule has 1 aromatic carbocycles. The minimum absolute atomic E-state index is 0.124. The Kier molecular flexibility index (Phi) is 5.00. The van der Waals surface area contributed by atoms with Crippen molar-refractivity contribution in [2.75, 3.05) is 19.6 Å². The van der Waals surface area contributed by atoms with Gasteiger partial charge in [-0.2, -0.15) is 0 Å². The van der Waals surface area contributed by atoms with Gasteiger partial charge in [-0.25, -0.2) is 0 Å². The van der Waals surface area contributed by atoms with Gasteiger partial charge in [-0.15, -0.1) is 0 Å². The highest BCUT2D eigenvalue weighted by molar-refractivity contribution is 5.94. The molecule has 5 nitrogen and oxygen atoms in total. The summed E-state index contributed by atoms with van der Waals surface area (Å²) in [5.74, 6) is 1.19. The predicted molar refractivity (Wildman–Crippen MR) is 102 cm³/mol. The molecule has 1 aromatic heterocycles. The third-order valence-electron chi connectivity index (χ3n) is 5.87. The van der Waals surface area contributed by atoms with Crippen molar-refractivity contribution in [1.29, 1.82) is 0 Å². The summed E-state index contributed by atoms with van der Waals surface area (Å²) in [7, 11) is 0. The molecule has 0 bridgehead atoms. The Morgan fingerprint density at radius 2 is 1.85 bits per heavy atom. The molecule has 4 rings (SSSR count). The molecular weight excluding hydrogens is 324 g/mol. The minimum atomic E-state index is 0.124. The molecule has 3 heterocycles. The zero-order valence-corrected chi connectivity index (χ0v) is 15.2. The number of rotatable bonds is 3. The van der Waals surface area contributed by atoms with Crippen molar-refractivity contribution in [3.63, 3.8) is 0 Å². The number of carbonyl (C=O) groups excluding carboxylic acids is 1. The van der Waals surface area contributed by atoms with E-state index in [2.05, 4.69) is 47.0 Å². The molecular formula is C21H26N4O. The number of hydrazine groups is 1. The highest BCUT2D eigenvalue weighted by atomic mass is 16.2. The van der Waals surface area contributed by atoms with Crippen LogP contribution in [0.5, 0.6) is 0 Å². The number of likely N-dealkylation sites (tertiary alicyclic amines) is 1. The van der Waals surface area contributed by atoms with Crippen LogP contribution < -0.4 is 10.9 Å². The molecule has 2 atom stereocenters. The SMILES string of the molecule is Cc1ccccc1C1CNNC1C1CCN(C(=O)c2ccncc2)CC1. The van der Waals surface area contributed by atoms with Gasteiger partial charge in [0.2, 0.25) is 0 Å². The van der Waals surface area contributed by atoms with E-state index in [1.54, 1.807) is 24.5 Å². The number of piperidine rings is 1. The van der Waals surface area contributed by atoms with E-state index in [4.69, 9.17) is 0 Å². The van der Waals surface area contributed by atoms with Crippen LogP contribution in [0, 0.1) is 12.8 Å². The highest BCUT2D eigenvalue weighted by Crippen LogP contribution is 2.33. The summed E-state index contributed by atoms with van der Waals surface area (Å²) in [5.41, 5.74) is 10.4. The zero-order chi connectivity index (χ0) is 17.9. The molecule has 2 fully saturated rings. The van der Waals surface area contributed by atoms with Crippen molar-refractivity contribution >= 4 is 5.91 Å². The number of pyridine rings is 1. The van der Waals surface area contributed by atoms with Crippen molar-refractivity contribution in [3.8, 4) is 0 Å². The predicted octanol–water partition coefficient (Wildman–Crippen LogP) is 2.50. The summed E-state index contributed by atoms with van der Waals surface area (Å²) in [6.45, 7) is 4.81. The number of aryl methyl sites for hydroxylation is 1. The lowest BCUT2D eigenvalue weighted by molar-refractivity contribution is 0.0670. The lowest BCUT2D eigenvalue weighted by Crippen LogP contribution is -2.45. The first-order valence-corrected chi connectivity index (χ1v) is 9.47. The minimum Gasteiger partial charge on any atom is -0.339 e. The van der Waals surface area contributed by atoms with Crippen LogP contribution in [-0.4, -0.2) is 41.5 Å². The number of benzene rings is 1. The number of hydrogen-bond acceptors (Lipinski definition) is 4. The summed E-state index contributed by atoms with van der Waals surface area (Å²) < 4.78 is 0. The molecule has 2 saturated heterocycles. The summed E-state index contributed by atoms with van der Waals surface area (Å²) in [6, 6.07) is 12.7. The Balaban J connectivity index is 1.41. The fourth-order valence-electron chi connectivity index (χ4n) is 4.41. The second-order valence-corrected chi connectivity index (χ2v) is 7.38. The van der Waals surface area contributed by atoms with Gasteiger partial charge in [0, 0.05) is 49.6 Å². The van der Waals surface area contributed by atoms with Crippen molar-refractivity contribution in [2.45, 2.75) is 31.7 Å². The molecule has 2 aromatic rings. The third-order valence-corrected chi connectivity index (χ3v) is 5.87.